The Morgan fingerprint density at radius 1 is 1.04 bits per heavy atom. The van der Waals surface area contributed by atoms with Crippen molar-refractivity contribution in [3.05, 3.63) is 54.4 Å². The molecule has 4 rings (SSSR count). The zero-order chi connectivity index (χ0) is 15.8. The molecule has 6 nitrogen and oxygen atoms in total. The Balaban J connectivity index is 1.74. The second kappa shape index (κ2) is 5.24. The second-order valence-electron chi connectivity index (χ2n) is 5.45. The fourth-order valence-corrected chi connectivity index (χ4v) is 2.68. The molecule has 0 bridgehead atoms. The SMILES string of the molecule is Nc1ccc(-c2cc(-c3cc4n(n3)CCNC4=O)ccn2)cc1. The van der Waals surface area contributed by atoms with Crippen molar-refractivity contribution >= 4 is 11.6 Å². The van der Waals surface area contributed by atoms with Crippen molar-refractivity contribution in [1.82, 2.24) is 20.1 Å². The van der Waals surface area contributed by atoms with Crippen LogP contribution in [0.2, 0.25) is 0 Å². The van der Waals surface area contributed by atoms with E-state index in [2.05, 4.69) is 15.4 Å². The molecule has 114 valence electrons. The molecule has 0 fully saturated rings. The summed E-state index contributed by atoms with van der Waals surface area (Å²) in [4.78, 5) is 16.3. The summed E-state index contributed by atoms with van der Waals surface area (Å²) >= 11 is 0. The molecule has 0 saturated heterocycles. The van der Waals surface area contributed by atoms with Crippen molar-refractivity contribution in [1.29, 1.82) is 0 Å². The van der Waals surface area contributed by atoms with E-state index in [4.69, 9.17) is 5.73 Å². The third-order valence-corrected chi connectivity index (χ3v) is 3.88. The molecule has 6 heteroatoms. The van der Waals surface area contributed by atoms with Crippen LogP contribution in [0.25, 0.3) is 22.5 Å². The van der Waals surface area contributed by atoms with Crippen LogP contribution >= 0.6 is 0 Å². The van der Waals surface area contributed by atoms with Gasteiger partial charge >= 0.3 is 0 Å². The quantitative estimate of drug-likeness (QED) is 0.708. The Morgan fingerprint density at radius 2 is 1.87 bits per heavy atom. The largest absolute Gasteiger partial charge is 0.399 e. The van der Waals surface area contributed by atoms with Gasteiger partial charge in [0.1, 0.15) is 5.69 Å². The van der Waals surface area contributed by atoms with Crippen molar-refractivity contribution in [2.45, 2.75) is 6.54 Å². The number of carbonyl (C=O) groups is 1. The van der Waals surface area contributed by atoms with Crippen LogP contribution in [0.3, 0.4) is 0 Å². The summed E-state index contributed by atoms with van der Waals surface area (Å²) in [5, 5.41) is 7.35. The maximum atomic E-state index is 11.9. The molecule has 0 radical (unpaired) electrons. The number of nitrogens with two attached hydrogens (primary N) is 1. The summed E-state index contributed by atoms with van der Waals surface area (Å²) in [5.74, 6) is -0.0807. The van der Waals surface area contributed by atoms with Gasteiger partial charge in [0.25, 0.3) is 5.91 Å². The summed E-state index contributed by atoms with van der Waals surface area (Å²) in [6.07, 6.45) is 1.75. The Morgan fingerprint density at radius 3 is 2.65 bits per heavy atom. The summed E-state index contributed by atoms with van der Waals surface area (Å²) < 4.78 is 1.75. The number of pyridine rings is 1. The number of anilines is 1. The predicted octanol–water partition coefficient (Wildman–Crippen LogP) is 1.94. The first-order valence-electron chi connectivity index (χ1n) is 7.39. The smallest absolute Gasteiger partial charge is 0.269 e. The summed E-state index contributed by atoms with van der Waals surface area (Å²) in [5.41, 5.74) is 10.6. The molecule has 1 aliphatic rings. The molecule has 23 heavy (non-hydrogen) atoms. The van der Waals surface area contributed by atoms with E-state index >= 15 is 0 Å². The monoisotopic (exact) mass is 305 g/mol. The summed E-state index contributed by atoms with van der Waals surface area (Å²) in [6.45, 7) is 1.30. The van der Waals surface area contributed by atoms with Gasteiger partial charge in [0, 0.05) is 29.6 Å². The highest BCUT2D eigenvalue weighted by molar-refractivity contribution is 5.94. The summed E-state index contributed by atoms with van der Waals surface area (Å²) in [6, 6.07) is 13.3. The van der Waals surface area contributed by atoms with Crippen molar-refractivity contribution in [2.24, 2.45) is 0 Å². The summed E-state index contributed by atoms with van der Waals surface area (Å²) in [7, 11) is 0. The van der Waals surface area contributed by atoms with Crippen molar-refractivity contribution in [3.63, 3.8) is 0 Å². The number of aromatic nitrogens is 3. The minimum Gasteiger partial charge on any atom is -0.399 e. The number of benzene rings is 1. The van der Waals surface area contributed by atoms with E-state index in [1.165, 1.54) is 0 Å². The molecule has 0 atom stereocenters. The standard InChI is InChI=1S/C17H15N5O/c18-13-3-1-11(2-4-13)14-9-12(5-6-19-14)15-10-16-17(23)20-7-8-22(16)21-15/h1-6,9-10H,7-8,18H2,(H,20,23). The number of hydrogen-bond acceptors (Lipinski definition) is 4. The number of fused-ring (bicyclic) bond motifs is 1. The Kier molecular flexibility index (Phi) is 3.08. The Labute approximate surface area is 133 Å². The minimum atomic E-state index is -0.0807. The van der Waals surface area contributed by atoms with E-state index in [-0.39, 0.29) is 5.91 Å². The number of carbonyl (C=O) groups excluding carboxylic acids is 1. The maximum Gasteiger partial charge on any atom is 0.269 e. The van der Waals surface area contributed by atoms with Gasteiger partial charge in [0.2, 0.25) is 0 Å². The fourth-order valence-electron chi connectivity index (χ4n) is 2.68. The van der Waals surface area contributed by atoms with E-state index in [0.29, 0.717) is 18.8 Å². The van der Waals surface area contributed by atoms with Crippen LogP contribution in [0, 0.1) is 0 Å². The zero-order valence-electron chi connectivity index (χ0n) is 12.4. The third kappa shape index (κ3) is 2.44. The minimum absolute atomic E-state index is 0.0807. The molecule has 2 aromatic heterocycles. The Bertz CT molecular complexity index is 882. The first kappa shape index (κ1) is 13.5. The van der Waals surface area contributed by atoms with Crippen LogP contribution in [-0.2, 0) is 6.54 Å². The van der Waals surface area contributed by atoms with Gasteiger partial charge < -0.3 is 11.1 Å². The molecule has 0 unspecified atom stereocenters. The third-order valence-electron chi connectivity index (χ3n) is 3.88. The lowest BCUT2D eigenvalue weighted by atomic mass is 10.1. The molecular formula is C17H15N5O. The topological polar surface area (TPSA) is 85.8 Å². The van der Waals surface area contributed by atoms with Gasteiger partial charge in [-0.15, -0.1) is 0 Å². The van der Waals surface area contributed by atoms with Crippen molar-refractivity contribution in [2.75, 3.05) is 12.3 Å². The molecule has 0 spiro atoms. The molecule has 3 N–H and O–H groups in total. The van der Waals surface area contributed by atoms with Crippen molar-refractivity contribution in [3.8, 4) is 22.5 Å². The molecular weight excluding hydrogens is 290 g/mol. The molecule has 0 saturated carbocycles. The molecule has 3 heterocycles. The van der Waals surface area contributed by atoms with E-state index < -0.39 is 0 Å². The number of rotatable bonds is 2. The number of nitrogen functional groups attached to an aromatic ring is 1. The highest BCUT2D eigenvalue weighted by Crippen LogP contribution is 2.25. The van der Waals surface area contributed by atoms with Crippen LogP contribution in [-0.4, -0.2) is 27.2 Å². The number of amides is 1. The van der Waals surface area contributed by atoms with Gasteiger partial charge in [-0.2, -0.15) is 5.10 Å². The first-order valence-corrected chi connectivity index (χ1v) is 7.39. The van der Waals surface area contributed by atoms with Gasteiger partial charge in [0.05, 0.1) is 17.9 Å². The fraction of sp³-hybridized carbons (Fsp3) is 0.118. The van der Waals surface area contributed by atoms with Crippen molar-refractivity contribution < 1.29 is 4.79 Å². The Hall–Kier alpha value is -3.15. The first-order chi connectivity index (χ1) is 11.2. The molecule has 1 aromatic carbocycles. The average Bonchev–Trinajstić information content (AvgIpc) is 3.01. The second-order valence-corrected chi connectivity index (χ2v) is 5.45. The highest BCUT2D eigenvalue weighted by Gasteiger charge is 2.19. The van der Waals surface area contributed by atoms with E-state index in [9.17, 15) is 4.79 Å². The van der Waals surface area contributed by atoms with Gasteiger partial charge in [-0.25, -0.2) is 0 Å². The van der Waals surface area contributed by atoms with E-state index in [0.717, 1.165) is 28.2 Å². The lowest BCUT2D eigenvalue weighted by Crippen LogP contribution is -2.35. The van der Waals surface area contributed by atoms with E-state index in [1.807, 2.05) is 42.5 Å². The highest BCUT2D eigenvalue weighted by atomic mass is 16.2. The lowest BCUT2D eigenvalue weighted by molar-refractivity contribution is 0.0924. The van der Waals surface area contributed by atoms with Crippen LogP contribution in [0.1, 0.15) is 10.5 Å². The van der Waals surface area contributed by atoms with Gasteiger partial charge in [0.15, 0.2) is 0 Å². The maximum absolute atomic E-state index is 11.9. The van der Waals surface area contributed by atoms with Gasteiger partial charge in [-0.05, 0) is 30.3 Å². The zero-order valence-corrected chi connectivity index (χ0v) is 12.4. The normalized spacial score (nSPS) is 13.5. The van der Waals surface area contributed by atoms with Crippen LogP contribution in [0.4, 0.5) is 5.69 Å². The predicted molar refractivity (Wildman–Crippen MR) is 87.6 cm³/mol. The van der Waals surface area contributed by atoms with Crippen LogP contribution in [0.5, 0.6) is 0 Å². The van der Waals surface area contributed by atoms with Crippen LogP contribution < -0.4 is 11.1 Å². The lowest BCUT2D eigenvalue weighted by Gasteiger charge is -2.13. The number of nitrogens with one attached hydrogen (secondary N) is 1. The molecule has 1 aliphatic heterocycles. The van der Waals surface area contributed by atoms with E-state index in [1.54, 1.807) is 10.9 Å². The molecule has 3 aromatic rings. The van der Waals surface area contributed by atoms with Crippen LogP contribution in [0.15, 0.2) is 48.7 Å². The molecule has 0 aliphatic carbocycles. The molecule has 1 amide bonds. The average molecular weight is 305 g/mol. The number of nitrogens with zero attached hydrogens (tertiary/aromatic N) is 3. The van der Waals surface area contributed by atoms with Gasteiger partial charge in [-0.1, -0.05) is 12.1 Å². The van der Waals surface area contributed by atoms with Gasteiger partial charge in [-0.3, -0.25) is 14.5 Å². The number of hydrogen-bond donors (Lipinski definition) is 2.